The molecule has 0 atom stereocenters. The van der Waals surface area contributed by atoms with Crippen LogP contribution in [0.2, 0.25) is 0 Å². The Morgan fingerprint density at radius 2 is 1.95 bits per heavy atom. The number of aliphatic carboxylic acids is 2. The number of nitrogens with zero attached hydrogens (tertiary/aromatic N) is 1. The van der Waals surface area contributed by atoms with E-state index in [4.69, 9.17) is 14.9 Å². The Morgan fingerprint density at radius 3 is 2.38 bits per heavy atom. The van der Waals surface area contributed by atoms with Gasteiger partial charge in [0.05, 0.1) is 6.33 Å². The number of aryl methyl sites for hydroxylation is 1. The van der Waals surface area contributed by atoms with Crippen LogP contribution in [0, 0.1) is 5.92 Å². The molecule has 0 aliphatic rings. The van der Waals surface area contributed by atoms with E-state index in [1.54, 1.807) is 6.33 Å². The molecule has 7 nitrogen and oxygen atoms in total. The van der Waals surface area contributed by atoms with Gasteiger partial charge < -0.3 is 19.9 Å². The van der Waals surface area contributed by atoms with Crippen molar-refractivity contribution in [3.63, 3.8) is 0 Å². The zero-order chi connectivity index (χ0) is 16.1. The van der Waals surface area contributed by atoms with Crippen LogP contribution in [-0.2, 0) is 20.7 Å². The largest absolute Gasteiger partial charge is 0.478 e. The van der Waals surface area contributed by atoms with Crippen LogP contribution in [-0.4, -0.2) is 45.3 Å². The van der Waals surface area contributed by atoms with E-state index in [0.717, 1.165) is 26.1 Å². The number of hydrogen-bond donors (Lipinski definition) is 3. The average molecular weight is 298 g/mol. The van der Waals surface area contributed by atoms with Crippen LogP contribution >= 0.6 is 0 Å². The van der Waals surface area contributed by atoms with Crippen LogP contribution in [0.25, 0.3) is 0 Å². The SMILES string of the molecule is CC(C)COCCCc1cnc[nH]1.O=C(O)/C=C\C(=O)O. The summed E-state index contributed by atoms with van der Waals surface area (Å²) in [5, 5.41) is 15.6. The fraction of sp³-hybridized carbons (Fsp3) is 0.500. The molecule has 0 aliphatic heterocycles. The molecule has 0 spiro atoms. The number of carbonyl (C=O) groups is 2. The zero-order valence-electron chi connectivity index (χ0n) is 12.3. The van der Waals surface area contributed by atoms with Gasteiger partial charge in [-0.25, -0.2) is 14.6 Å². The van der Waals surface area contributed by atoms with Gasteiger partial charge in [0.15, 0.2) is 0 Å². The first kappa shape index (κ1) is 18.9. The molecule has 0 aromatic carbocycles. The third-order valence-electron chi connectivity index (χ3n) is 2.11. The van der Waals surface area contributed by atoms with Crippen molar-refractivity contribution in [2.45, 2.75) is 26.7 Å². The summed E-state index contributed by atoms with van der Waals surface area (Å²) in [5.74, 6) is -1.88. The second-order valence-corrected chi connectivity index (χ2v) is 4.66. The summed E-state index contributed by atoms with van der Waals surface area (Å²) in [6.45, 7) is 6.03. The highest BCUT2D eigenvalue weighted by molar-refractivity contribution is 5.89. The maximum atomic E-state index is 9.55. The molecule has 118 valence electrons. The lowest BCUT2D eigenvalue weighted by atomic mass is 10.2. The third-order valence-corrected chi connectivity index (χ3v) is 2.11. The maximum Gasteiger partial charge on any atom is 0.328 e. The van der Waals surface area contributed by atoms with Crippen molar-refractivity contribution in [2.75, 3.05) is 13.2 Å². The van der Waals surface area contributed by atoms with Gasteiger partial charge in [-0.05, 0) is 18.8 Å². The minimum Gasteiger partial charge on any atom is -0.478 e. The first-order valence-electron chi connectivity index (χ1n) is 6.60. The van der Waals surface area contributed by atoms with Gasteiger partial charge in [-0.15, -0.1) is 0 Å². The van der Waals surface area contributed by atoms with E-state index in [2.05, 4.69) is 23.8 Å². The van der Waals surface area contributed by atoms with Crippen LogP contribution in [0.5, 0.6) is 0 Å². The van der Waals surface area contributed by atoms with Crippen molar-refractivity contribution in [1.29, 1.82) is 0 Å². The van der Waals surface area contributed by atoms with Crippen LogP contribution in [0.15, 0.2) is 24.7 Å². The van der Waals surface area contributed by atoms with Gasteiger partial charge in [0.2, 0.25) is 0 Å². The molecule has 7 heteroatoms. The molecule has 21 heavy (non-hydrogen) atoms. The fourth-order valence-electron chi connectivity index (χ4n) is 1.25. The van der Waals surface area contributed by atoms with E-state index in [1.807, 2.05) is 6.20 Å². The lowest BCUT2D eigenvalue weighted by Crippen LogP contribution is -2.03. The first-order valence-corrected chi connectivity index (χ1v) is 6.60. The van der Waals surface area contributed by atoms with Gasteiger partial charge in [-0.2, -0.15) is 0 Å². The van der Waals surface area contributed by atoms with Crippen molar-refractivity contribution in [2.24, 2.45) is 5.92 Å². The van der Waals surface area contributed by atoms with Crippen molar-refractivity contribution in [3.05, 3.63) is 30.4 Å². The molecule has 0 aliphatic carbocycles. The highest BCUT2D eigenvalue weighted by Gasteiger charge is 1.95. The number of aromatic nitrogens is 2. The quantitative estimate of drug-likeness (QED) is 0.497. The molecule has 0 fully saturated rings. The minimum atomic E-state index is -1.26. The molecular weight excluding hydrogens is 276 g/mol. The van der Waals surface area contributed by atoms with E-state index in [-0.39, 0.29) is 0 Å². The summed E-state index contributed by atoms with van der Waals surface area (Å²) >= 11 is 0. The minimum absolute atomic E-state index is 0.558. The summed E-state index contributed by atoms with van der Waals surface area (Å²) in [6, 6.07) is 0. The number of H-pyrrole nitrogens is 1. The topological polar surface area (TPSA) is 113 Å². The smallest absolute Gasteiger partial charge is 0.328 e. The number of carboxylic acids is 2. The molecule has 0 amide bonds. The Labute approximate surface area is 123 Å². The summed E-state index contributed by atoms with van der Waals surface area (Å²) in [6.07, 6.45) is 6.78. The molecule has 3 N–H and O–H groups in total. The average Bonchev–Trinajstić information content (AvgIpc) is 2.89. The Morgan fingerprint density at radius 1 is 1.33 bits per heavy atom. The van der Waals surface area contributed by atoms with E-state index in [0.29, 0.717) is 18.1 Å². The second-order valence-electron chi connectivity index (χ2n) is 4.66. The maximum absolute atomic E-state index is 9.55. The Hall–Kier alpha value is -2.15. The lowest BCUT2D eigenvalue weighted by Gasteiger charge is -2.05. The van der Waals surface area contributed by atoms with E-state index >= 15 is 0 Å². The Bertz CT molecular complexity index is 411. The zero-order valence-corrected chi connectivity index (χ0v) is 12.3. The third kappa shape index (κ3) is 14.1. The molecular formula is C14H22N2O5. The molecule has 1 rings (SSSR count). The number of rotatable bonds is 8. The highest BCUT2D eigenvalue weighted by atomic mass is 16.5. The normalized spacial score (nSPS) is 10.4. The molecule has 0 bridgehead atoms. The molecule has 1 aromatic rings. The van der Waals surface area contributed by atoms with Gasteiger partial charge in [-0.1, -0.05) is 13.8 Å². The number of nitrogens with one attached hydrogen (secondary N) is 1. The van der Waals surface area contributed by atoms with Gasteiger partial charge in [0, 0.05) is 37.3 Å². The molecule has 1 heterocycles. The molecule has 0 radical (unpaired) electrons. The predicted molar refractivity (Wildman–Crippen MR) is 77.0 cm³/mol. The summed E-state index contributed by atoms with van der Waals surface area (Å²) in [7, 11) is 0. The Kier molecular flexibility index (Phi) is 10.5. The summed E-state index contributed by atoms with van der Waals surface area (Å²) in [4.78, 5) is 26.1. The fourth-order valence-corrected chi connectivity index (χ4v) is 1.25. The second kappa shape index (κ2) is 11.7. The molecule has 0 unspecified atom stereocenters. The summed E-state index contributed by atoms with van der Waals surface area (Å²) < 4.78 is 5.46. The van der Waals surface area contributed by atoms with Crippen molar-refractivity contribution in [1.82, 2.24) is 9.97 Å². The van der Waals surface area contributed by atoms with E-state index < -0.39 is 11.9 Å². The predicted octanol–water partition coefficient (Wildman–Crippen LogP) is 1.73. The number of imidazole rings is 1. The monoisotopic (exact) mass is 298 g/mol. The van der Waals surface area contributed by atoms with Crippen LogP contribution in [0.3, 0.4) is 0 Å². The van der Waals surface area contributed by atoms with Crippen LogP contribution in [0.1, 0.15) is 26.0 Å². The first-order chi connectivity index (χ1) is 9.91. The van der Waals surface area contributed by atoms with Gasteiger partial charge >= 0.3 is 11.9 Å². The highest BCUT2D eigenvalue weighted by Crippen LogP contribution is 1.98. The number of ether oxygens (including phenoxy) is 1. The number of aromatic amines is 1. The van der Waals surface area contributed by atoms with Crippen molar-refractivity contribution in [3.8, 4) is 0 Å². The lowest BCUT2D eigenvalue weighted by molar-refractivity contribution is -0.134. The van der Waals surface area contributed by atoms with Crippen molar-refractivity contribution < 1.29 is 24.5 Å². The number of carboxylic acid groups (broad SMARTS) is 2. The van der Waals surface area contributed by atoms with Gasteiger partial charge in [-0.3, -0.25) is 0 Å². The standard InChI is InChI=1S/C10H18N2O.C4H4O4/c1-9(2)7-13-5-3-4-10-6-11-8-12-10;5-3(6)1-2-4(7)8/h6,8-9H,3-5,7H2,1-2H3,(H,11,12);1-2H,(H,5,6)(H,7,8)/b;2-1-. The van der Waals surface area contributed by atoms with Gasteiger partial charge in [0.25, 0.3) is 0 Å². The molecule has 0 saturated heterocycles. The van der Waals surface area contributed by atoms with Crippen LogP contribution < -0.4 is 0 Å². The number of hydrogen-bond acceptors (Lipinski definition) is 4. The van der Waals surface area contributed by atoms with E-state index in [9.17, 15) is 9.59 Å². The Balaban J connectivity index is 0.000000433. The van der Waals surface area contributed by atoms with Crippen LogP contribution in [0.4, 0.5) is 0 Å². The van der Waals surface area contributed by atoms with E-state index in [1.165, 1.54) is 5.69 Å². The molecule has 0 saturated carbocycles. The van der Waals surface area contributed by atoms with Crippen molar-refractivity contribution >= 4 is 11.9 Å². The van der Waals surface area contributed by atoms with Gasteiger partial charge in [0.1, 0.15) is 0 Å². The summed E-state index contributed by atoms with van der Waals surface area (Å²) in [5.41, 5.74) is 1.19. The molecule has 1 aromatic heterocycles.